The minimum absolute atomic E-state index is 0.389. The molecule has 118 valence electrons. The Bertz CT molecular complexity index is 276. The molecule has 0 spiro atoms. The SMILES string of the molecule is CCCNC1CCN(CC2(O)CCCCC2)CC1CC. The molecular formula is C17H34N2O. The fourth-order valence-electron chi connectivity index (χ4n) is 4.05. The zero-order valence-electron chi connectivity index (χ0n) is 13.5. The van der Waals surface area contributed by atoms with Crippen LogP contribution in [-0.4, -0.2) is 47.8 Å². The minimum Gasteiger partial charge on any atom is -0.389 e. The standard InChI is InChI=1S/C17H34N2O/c1-3-11-18-16-8-12-19(13-15(16)4-2)14-17(20)9-6-5-7-10-17/h15-16,18,20H,3-14H2,1-2H3. The van der Waals surface area contributed by atoms with E-state index < -0.39 is 0 Å². The lowest BCUT2D eigenvalue weighted by atomic mass is 9.83. The Morgan fingerprint density at radius 3 is 2.60 bits per heavy atom. The molecule has 0 bridgehead atoms. The van der Waals surface area contributed by atoms with E-state index in [1.165, 1.54) is 45.1 Å². The summed E-state index contributed by atoms with van der Waals surface area (Å²) in [5, 5.41) is 14.4. The van der Waals surface area contributed by atoms with E-state index in [9.17, 15) is 5.11 Å². The molecule has 3 nitrogen and oxygen atoms in total. The second-order valence-electron chi connectivity index (χ2n) is 7.04. The number of nitrogens with zero attached hydrogens (tertiary/aromatic N) is 1. The molecule has 1 aliphatic carbocycles. The van der Waals surface area contributed by atoms with Crippen LogP contribution in [0, 0.1) is 5.92 Å². The summed E-state index contributed by atoms with van der Waals surface area (Å²) in [4.78, 5) is 2.53. The molecule has 2 fully saturated rings. The van der Waals surface area contributed by atoms with Crippen LogP contribution in [0.1, 0.15) is 65.2 Å². The van der Waals surface area contributed by atoms with Crippen molar-refractivity contribution >= 4 is 0 Å². The molecule has 2 rings (SSSR count). The predicted octanol–water partition coefficient (Wildman–Crippen LogP) is 2.78. The molecule has 0 aromatic rings. The van der Waals surface area contributed by atoms with Crippen LogP contribution in [0.3, 0.4) is 0 Å². The highest BCUT2D eigenvalue weighted by Gasteiger charge is 2.34. The number of hydrogen-bond acceptors (Lipinski definition) is 3. The highest BCUT2D eigenvalue weighted by molar-refractivity contribution is 4.90. The second-order valence-corrected chi connectivity index (χ2v) is 7.04. The van der Waals surface area contributed by atoms with Crippen molar-refractivity contribution in [3.63, 3.8) is 0 Å². The normalized spacial score (nSPS) is 31.4. The molecule has 2 atom stereocenters. The van der Waals surface area contributed by atoms with Crippen molar-refractivity contribution in [3.8, 4) is 0 Å². The first-order valence-electron chi connectivity index (χ1n) is 8.85. The van der Waals surface area contributed by atoms with Gasteiger partial charge >= 0.3 is 0 Å². The predicted molar refractivity (Wildman–Crippen MR) is 85.0 cm³/mol. The summed E-state index contributed by atoms with van der Waals surface area (Å²) in [6.45, 7) is 8.92. The lowest BCUT2D eigenvalue weighted by molar-refractivity contribution is -0.0374. The molecule has 0 amide bonds. The van der Waals surface area contributed by atoms with Crippen molar-refractivity contribution in [3.05, 3.63) is 0 Å². The van der Waals surface area contributed by atoms with Gasteiger partial charge in [-0.05, 0) is 44.7 Å². The molecule has 2 unspecified atom stereocenters. The van der Waals surface area contributed by atoms with Gasteiger partial charge in [0.05, 0.1) is 5.60 Å². The molecule has 20 heavy (non-hydrogen) atoms. The molecule has 0 aromatic heterocycles. The van der Waals surface area contributed by atoms with E-state index in [0.29, 0.717) is 6.04 Å². The van der Waals surface area contributed by atoms with Crippen LogP contribution < -0.4 is 5.32 Å². The topological polar surface area (TPSA) is 35.5 Å². The van der Waals surface area contributed by atoms with Crippen LogP contribution in [0.5, 0.6) is 0 Å². The highest BCUT2D eigenvalue weighted by Crippen LogP contribution is 2.30. The summed E-state index contributed by atoms with van der Waals surface area (Å²) in [5.74, 6) is 0.752. The third-order valence-electron chi connectivity index (χ3n) is 5.30. The van der Waals surface area contributed by atoms with E-state index in [0.717, 1.165) is 38.4 Å². The van der Waals surface area contributed by atoms with Gasteiger partial charge in [-0.3, -0.25) is 0 Å². The monoisotopic (exact) mass is 282 g/mol. The van der Waals surface area contributed by atoms with Gasteiger partial charge in [0.2, 0.25) is 0 Å². The first kappa shape index (κ1) is 16.3. The molecule has 2 aliphatic rings. The van der Waals surface area contributed by atoms with Gasteiger partial charge in [-0.1, -0.05) is 39.5 Å². The fourth-order valence-corrected chi connectivity index (χ4v) is 4.05. The Morgan fingerprint density at radius 2 is 1.95 bits per heavy atom. The third-order valence-corrected chi connectivity index (χ3v) is 5.30. The Balaban J connectivity index is 1.83. The van der Waals surface area contributed by atoms with Gasteiger partial charge in [-0.2, -0.15) is 0 Å². The van der Waals surface area contributed by atoms with Crippen molar-refractivity contribution in [2.45, 2.75) is 76.9 Å². The smallest absolute Gasteiger partial charge is 0.0774 e. The summed E-state index contributed by atoms with van der Waals surface area (Å²) >= 11 is 0. The summed E-state index contributed by atoms with van der Waals surface area (Å²) < 4.78 is 0. The molecule has 1 aliphatic heterocycles. The number of β-amino-alcohol motifs (C(OH)–C–C–N with tert-alkyl or cyclic N) is 1. The van der Waals surface area contributed by atoms with Crippen LogP contribution >= 0.6 is 0 Å². The van der Waals surface area contributed by atoms with Gasteiger partial charge < -0.3 is 15.3 Å². The van der Waals surface area contributed by atoms with E-state index in [-0.39, 0.29) is 5.60 Å². The van der Waals surface area contributed by atoms with Crippen molar-refractivity contribution in [2.75, 3.05) is 26.2 Å². The van der Waals surface area contributed by atoms with Crippen molar-refractivity contribution < 1.29 is 5.11 Å². The summed E-state index contributed by atoms with van der Waals surface area (Å²) in [7, 11) is 0. The number of hydrogen-bond donors (Lipinski definition) is 2. The minimum atomic E-state index is -0.389. The number of nitrogens with one attached hydrogen (secondary N) is 1. The summed E-state index contributed by atoms with van der Waals surface area (Å²) in [6, 6.07) is 0.692. The van der Waals surface area contributed by atoms with Crippen molar-refractivity contribution in [1.29, 1.82) is 0 Å². The molecule has 1 heterocycles. The number of likely N-dealkylation sites (tertiary alicyclic amines) is 1. The quantitative estimate of drug-likeness (QED) is 0.786. The zero-order chi connectivity index (χ0) is 14.4. The average Bonchev–Trinajstić information content (AvgIpc) is 2.46. The maximum atomic E-state index is 10.7. The Morgan fingerprint density at radius 1 is 1.20 bits per heavy atom. The van der Waals surface area contributed by atoms with Crippen LogP contribution in [0.15, 0.2) is 0 Å². The van der Waals surface area contributed by atoms with E-state index >= 15 is 0 Å². The molecule has 0 radical (unpaired) electrons. The fraction of sp³-hybridized carbons (Fsp3) is 1.00. The van der Waals surface area contributed by atoms with Gasteiger partial charge in [0.1, 0.15) is 0 Å². The van der Waals surface area contributed by atoms with E-state index in [1.807, 2.05) is 0 Å². The van der Waals surface area contributed by atoms with Crippen molar-refractivity contribution in [2.24, 2.45) is 5.92 Å². The van der Waals surface area contributed by atoms with E-state index in [1.54, 1.807) is 0 Å². The van der Waals surface area contributed by atoms with E-state index in [4.69, 9.17) is 0 Å². The zero-order valence-corrected chi connectivity index (χ0v) is 13.5. The summed E-state index contributed by atoms with van der Waals surface area (Å²) in [5.41, 5.74) is -0.389. The average molecular weight is 282 g/mol. The molecule has 2 N–H and O–H groups in total. The lowest BCUT2D eigenvalue weighted by Crippen LogP contribution is -2.53. The molecule has 1 saturated heterocycles. The molecule has 3 heteroatoms. The first-order chi connectivity index (χ1) is 9.67. The van der Waals surface area contributed by atoms with Gasteiger partial charge in [0.15, 0.2) is 0 Å². The van der Waals surface area contributed by atoms with Gasteiger partial charge in [0.25, 0.3) is 0 Å². The van der Waals surface area contributed by atoms with E-state index in [2.05, 4.69) is 24.1 Å². The lowest BCUT2D eigenvalue weighted by Gasteiger charge is -2.43. The Labute approximate surface area is 125 Å². The number of piperidine rings is 1. The maximum Gasteiger partial charge on any atom is 0.0774 e. The summed E-state index contributed by atoms with van der Waals surface area (Å²) in [6.07, 6.45) is 9.46. The molecular weight excluding hydrogens is 248 g/mol. The van der Waals surface area contributed by atoms with Crippen LogP contribution in [0.25, 0.3) is 0 Å². The van der Waals surface area contributed by atoms with Crippen LogP contribution in [0.4, 0.5) is 0 Å². The maximum absolute atomic E-state index is 10.7. The second kappa shape index (κ2) is 7.77. The highest BCUT2D eigenvalue weighted by atomic mass is 16.3. The van der Waals surface area contributed by atoms with Gasteiger partial charge in [-0.15, -0.1) is 0 Å². The van der Waals surface area contributed by atoms with Gasteiger partial charge in [-0.25, -0.2) is 0 Å². The number of rotatable bonds is 6. The molecule has 1 saturated carbocycles. The first-order valence-corrected chi connectivity index (χ1v) is 8.85. The Kier molecular flexibility index (Phi) is 6.31. The van der Waals surface area contributed by atoms with Gasteiger partial charge in [0, 0.05) is 19.1 Å². The van der Waals surface area contributed by atoms with Crippen LogP contribution in [0.2, 0.25) is 0 Å². The largest absolute Gasteiger partial charge is 0.389 e. The van der Waals surface area contributed by atoms with Crippen molar-refractivity contribution in [1.82, 2.24) is 10.2 Å². The Hall–Kier alpha value is -0.120. The van der Waals surface area contributed by atoms with Crippen LogP contribution in [-0.2, 0) is 0 Å². The number of aliphatic hydroxyl groups is 1. The molecule has 0 aromatic carbocycles. The third kappa shape index (κ3) is 4.44.